The molecular formula is C15H20FNO4S. The molecule has 0 radical (unpaired) electrons. The number of ether oxygens (including phenoxy) is 2. The first-order chi connectivity index (χ1) is 10.2. The van der Waals surface area contributed by atoms with E-state index in [4.69, 9.17) is 9.47 Å². The maximum Gasteiger partial charge on any atom is 0.218 e. The second kappa shape index (κ2) is 5.26. The van der Waals surface area contributed by atoms with Crippen LogP contribution in [0.4, 0.5) is 4.39 Å². The van der Waals surface area contributed by atoms with E-state index in [0.29, 0.717) is 31.9 Å². The van der Waals surface area contributed by atoms with Crippen LogP contribution in [0.15, 0.2) is 24.3 Å². The summed E-state index contributed by atoms with van der Waals surface area (Å²) in [5.41, 5.74) is 0.352. The normalized spacial score (nSPS) is 24.1. The Bertz CT molecular complexity index is 639. The van der Waals surface area contributed by atoms with E-state index in [1.807, 2.05) is 13.8 Å². The highest BCUT2D eigenvalue weighted by Gasteiger charge is 2.52. The molecule has 0 unspecified atom stereocenters. The fourth-order valence-corrected chi connectivity index (χ4v) is 4.44. The minimum atomic E-state index is -3.39. The van der Waals surface area contributed by atoms with Crippen molar-refractivity contribution in [1.82, 2.24) is 4.31 Å². The second-order valence-corrected chi connectivity index (χ2v) is 8.60. The summed E-state index contributed by atoms with van der Waals surface area (Å²) >= 11 is 0. The summed E-state index contributed by atoms with van der Waals surface area (Å²) in [4.78, 5) is 0. The van der Waals surface area contributed by atoms with Crippen LogP contribution in [0.25, 0.3) is 0 Å². The smallest absolute Gasteiger partial charge is 0.218 e. The maximum absolute atomic E-state index is 12.9. The van der Waals surface area contributed by atoms with E-state index >= 15 is 0 Å². The molecule has 2 aliphatic heterocycles. The Morgan fingerprint density at radius 3 is 2.23 bits per heavy atom. The number of hydrogen-bond donors (Lipinski definition) is 0. The fraction of sp³-hybridized carbons (Fsp3) is 0.600. The van der Waals surface area contributed by atoms with Gasteiger partial charge in [-0.05, 0) is 31.5 Å². The van der Waals surface area contributed by atoms with Gasteiger partial charge in [-0.15, -0.1) is 0 Å². The van der Waals surface area contributed by atoms with Gasteiger partial charge in [0.05, 0.1) is 19.0 Å². The van der Waals surface area contributed by atoms with Gasteiger partial charge in [0.1, 0.15) is 5.82 Å². The molecule has 2 aliphatic rings. The van der Waals surface area contributed by atoms with E-state index in [1.165, 1.54) is 28.6 Å². The van der Waals surface area contributed by atoms with Gasteiger partial charge in [0.25, 0.3) is 0 Å². The predicted molar refractivity (Wildman–Crippen MR) is 79.0 cm³/mol. The summed E-state index contributed by atoms with van der Waals surface area (Å²) in [5, 5.41) is 0. The Morgan fingerprint density at radius 2 is 1.68 bits per heavy atom. The second-order valence-electron chi connectivity index (χ2n) is 6.63. The van der Waals surface area contributed by atoms with E-state index in [-0.39, 0.29) is 17.0 Å². The molecule has 0 bridgehead atoms. The standard InChI is InChI=1S/C15H20FNO4S/c1-14(2)20-10-15(11-21-14)8-17(9-15)22(18,19)7-12-3-5-13(16)6-4-12/h3-6H,7-11H2,1-2H3. The van der Waals surface area contributed by atoms with Crippen LogP contribution in [0.5, 0.6) is 0 Å². The van der Waals surface area contributed by atoms with E-state index in [9.17, 15) is 12.8 Å². The average molecular weight is 329 g/mol. The van der Waals surface area contributed by atoms with Crippen LogP contribution in [-0.4, -0.2) is 44.8 Å². The third-order valence-corrected chi connectivity index (χ3v) is 5.87. The molecular weight excluding hydrogens is 309 g/mol. The van der Waals surface area contributed by atoms with Gasteiger partial charge >= 0.3 is 0 Å². The fourth-order valence-electron chi connectivity index (χ4n) is 2.70. The van der Waals surface area contributed by atoms with Crippen molar-refractivity contribution >= 4 is 10.0 Å². The Kier molecular flexibility index (Phi) is 3.79. The number of benzene rings is 1. The van der Waals surface area contributed by atoms with E-state index in [0.717, 1.165) is 0 Å². The van der Waals surface area contributed by atoms with Crippen LogP contribution in [0.1, 0.15) is 19.4 Å². The van der Waals surface area contributed by atoms with E-state index < -0.39 is 15.8 Å². The lowest BCUT2D eigenvalue weighted by atomic mass is 9.82. The van der Waals surface area contributed by atoms with Crippen molar-refractivity contribution in [3.05, 3.63) is 35.6 Å². The van der Waals surface area contributed by atoms with Crippen LogP contribution in [-0.2, 0) is 25.2 Å². The van der Waals surface area contributed by atoms with Gasteiger partial charge in [-0.25, -0.2) is 17.1 Å². The van der Waals surface area contributed by atoms with Gasteiger partial charge in [0, 0.05) is 18.5 Å². The molecule has 2 fully saturated rings. The van der Waals surface area contributed by atoms with Crippen LogP contribution < -0.4 is 0 Å². The summed E-state index contributed by atoms with van der Waals surface area (Å²) in [6.45, 7) is 5.52. The summed E-state index contributed by atoms with van der Waals surface area (Å²) in [6, 6.07) is 5.54. The lowest BCUT2D eigenvalue weighted by Crippen LogP contribution is -2.65. The Hall–Kier alpha value is -1.02. The number of nitrogens with zero attached hydrogens (tertiary/aromatic N) is 1. The molecule has 0 saturated carbocycles. The largest absolute Gasteiger partial charge is 0.350 e. The summed E-state index contributed by atoms with van der Waals surface area (Å²) < 4.78 is 50.3. The molecule has 0 aromatic heterocycles. The molecule has 0 aliphatic carbocycles. The molecule has 2 heterocycles. The summed E-state index contributed by atoms with van der Waals surface area (Å²) in [6.07, 6.45) is 0. The maximum atomic E-state index is 12.9. The van der Waals surface area contributed by atoms with Crippen molar-refractivity contribution in [2.75, 3.05) is 26.3 Å². The first-order valence-electron chi connectivity index (χ1n) is 7.20. The van der Waals surface area contributed by atoms with Crippen molar-refractivity contribution in [3.8, 4) is 0 Å². The monoisotopic (exact) mass is 329 g/mol. The Morgan fingerprint density at radius 1 is 1.14 bits per heavy atom. The SMILES string of the molecule is CC1(C)OCC2(CO1)CN(S(=O)(=O)Cc1ccc(F)cc1)C2. The molecule has 3 rings (SSSR count). The van der Waals surface area contributed by atoms with Crippen LogP contribution in [0.3, 0.4) is 0 Å². The molecule has 2 saturated heterocycles. The topological polar surface area (TPSA) is 55.8 Å². The minimum absolute atomic E-state index is 0.115. The van der Waals surface area contributed by atoms with E-state index in [2.05, 4.69) is 0 Å². The molecule has 1 aromatic carbocycles. The van der Waals surface area contributed by atoms with Crippen molar-refractivity contribution < 1.29 is 22.3 Å². The minimum Gasteiger partial charge on any atom is -0.350 e. The van der Waals surface area contributed by atoms with Crippen LogP contribution in [0.2, 0.25) is 0 Å². The quantitative estimate of drug-likeness (QED) is 0.848. The number of hydrogen-bond acceptors (Lipinski definition) is 4. The number of rotatable bonds is 3. The van der Waals surface area contributed by atoms with Gasteiger partial charge in [-0.2, -0.15) is 0 Å². The number of sulfonamides is 1. The van der Waals surface area contributed by atoms with Crippen molar-refractivity contribution in [3.63, 3.8) is 0 Å². The Balaban J connectivity index is 1.61. The third-order valence-electron chi connectivity index (χ3n) is 4.13. The summed E-state index contributed by atoms with van der Waals surface area (Å²) in [7, 11) is -3.39. The molecule has 1 aromatic rings. The van der Waals surface area contributed by atoms with Gasteiger partial charge < -0.3 is 9.47 Å². The van der Waals surface area contributed by atoms with Crippen molar-refractivity contribution in [2.24, 2.45) is 5.41 Å². The predicted octanol–water partition coefficient (Wildman–Crippen LogP) is 1.74. The van der Waals surface area contributed by atoms with Crippen LogP contribution >= 0.6 is 0 Å². The zero-order chi connectivity index (χ0) is 16.0. The van der Waals surface area contributed by atoms with Crippen molar-refractivity contribution in [1.29, 1.82) is 0 Å². The molecule has 0 atom stereocenters. The number of halogens is 1. The lowest BCUT2D eigenvalue weighted by Gasteiger charge is -2.53. The lowest BCUT2D eigenvalue weighted by molar-refractivity contribution is -0.299. The molecule has 122 valence electrons. The molecule has 7 heteroatoms. The molecule has 0 N–H and O–H groups in total. The van der Waals surface area contributed by atoms with Crippen LogP contribution in [0, 0.1) is 11.2 Å². The molecule has 22 heavy (non-hydrogen) atoms. The zero-order valence-corrected chi connectivity index (χ0v) is 13.5. The van der Waals surface area contributed by atoms with Gasteiger partial charge in [0.15, 0.2) is 5.79 Å². The third kappa shape index (κ3) is 3.17. The first kappa shape index (κ1) is 15.9. The molecule has 5 nitrogen and oxygen atoms in total. The summed E-state index contributed by atoms with van der Waals surface area (Å²) in [5.74, 6) is -1.09. The average Bonchev–Trinajstić information content (AvgIpc) is 2.39. The first-order valence-corrected chi connectivity index (χ1v) is 8.81. The highest BCUT2D eigenvalue weighted by Crippen LogP contribution is 2.39. The highest BCUT2D eigenvalue weighted by atomic mass is 32.2. The van der Waals surface area contributed by atoms with E-state index in [1.54, 1.807) is 0 Å². The highest BCUT2D eigenvalue weighted by molar-refractivity contribution is 7.88. The molecule has 0 amide bonds. The van der Waals surface area contributed by atoms with Gasteiger partial charge in [-0.1, -0.05) is 12.1 Å². The molecule has 1 spiro atoms. The van der Waals surface area contributed by atoms with Gasteiger partial charge in [-0.3, -0.25) is 0 Å². The zero-order valence-electron chi connectivity index (χ0n) is 12.7. The van der Waals surface area contributed by atoms with Gasteiger partial charge in [0.2, 0.25) is 10.0 Å². The van der Waals surface area contributed by atoms with Crippen molar-refractivity contribution in [2.45, 2.75) is 25.4 Å². The Labute approximate surface area is 130 Å².